The van der Waals surface area contributed by atoms with Crippen LogP contribution in [-0.4, -0.2) is 62.6 Å². The van der Waals surface area contributed by atoms with Crippen molar-refractivity contribution in [2.45, 2.75) is 19.1 Å². The zero-order valence-electron chi connectivity index (χ0n) is 19.1. The van der Waals surface area contributed by atoms with E-state index in [1.54, 1.807) is 12.3 Å². The number of rotatable bonds is 6. The topological polar surface area (TPSA) is 134 Å². The molecule has 1 amide bonds. The molecule has 0 bridgehead atoms. The number of ether oxygens (including phenoxy) is 3. The molecule has 2 aliphatic rings. The molecule has 37 heavy (non-hydrogen) atoms. The highest BCUT2D eigenvalue weighted by molar-refractivity contribution is 6.09. The molecule has 1 atom stereocenters. The van der Waals surface area contributed by atoms with Crippen molar-refractivity contribution >= 4 is 28.9 Å². The molecular weight excluding hydrogens is 492 g/mol. The second-order valence-electron chi connectivity index (χ2n) is 8.24. The highest BCUT2D eigenvalue weighted by Crippen LogP contribution is 2.43. The predicted octanol–water partition coefficient (Wildman–Crippen LogP) is 2.74. The summed E-state index contributed by atoms with van der Waals surface area (Å²) in [5.41, 5.74) is 1.38. The van der Waals surface area contributed by atoms with E-state index < -0.39 is 24.5 Å². The largest absolute Gasteiger partial charge is 0.490 e. The number of nitrogens with one attached hydrogen (secondary N) is 2. The van der Waals surface area contributed by atoms with Gasteiger partial charge < -0.3 is 24.8 Å². The summed E-state index contributed by atoms with van der Waals surface area (Å²) in [5.74, 6) is -0.822. The minimum atomic E-state index is -3.11. The van der Waals surface area contributed by atoms with Crippen LogP contribution in [0.15, 0.2) is 43.0 Å². The van der Waals surface area contributed by atoms with E-state index in [4.69, 9.17) is 14.2 Å². The van der Waals surface area contributed by atoms with E-state index in [0.29, 0.717) is 36.7 Å². The Labute approximate surface area is 207 Å². The molecule has 0 spiro atoms. The van der Waals surface area contributed by atoms with Crippen LogP contribution in [0.25, 0.3) is 16.9 Å². The van der Waals surface area contributed by atoms with Crippen LogP contribution in [0.2, 0.25) is 0 Å². The average molecular weight is 511 g/mol. The Kier molecular flexibility index (Phi) is 5.54. The molecule has 2 aliphatic heterocycles. The van der Waals surface area contributed by atoms with Gasteiger partial charge in [-0.1, -0.05) is 0 Å². The molecule has 0 saturated carbocycles. The number of amides is 1. The minimum Gasteiger partial charge on any atom is -0.490 e. The van der Waals surface area contributed by atoms with Gasteiger partial charge in [0.1, 0.15) is 29.4 Å². The van der Waals surface area contributed by atoms with E-state index in [1.807, 2.05) is 0 Å². The van der Waals surface area contributed by atoms with Crippen LogP contribution in [0, 0.1) is 0 Å². The minimum absolute atomic E-state index is 0.102. The molecule has 190 valence electrons. The number of cyclic esters (lactones) is 1. The summed E-state index contributed by atoms with van der Waals surface area (Å²) >= 11 is 0. The number of alkyl halides is 2. The average Bonchev–Trinajstić information content (AvgIpc) is 3.61. The highest BCUT2D eigenvalue weighted by Gasteiger charge is 2.32. The van der Waals surface area contributed by atoms with E-state index in [-0.39, 0.29) is 34.9 Å². The van der Waals surface area contributed by atoms with Crippen molar-refractivity contribution in [1.82, 2.24) is 24.4 Å². The van der Waals surface area contributed by atoms with E-state index >= 15 is 0 Å². The van der Waals surface area contributed by atoms with Crippen LogP contribution in [0.5, 0.6) is 11.5 Å². The van der Waals surface area contributed by atoms with Crippen molar-refractivity contribution in [3.63, 3.8) is 0 Å². The fourth-order valence-electron chi connectivity index (χ4n) is 4.29. The molecule has 14 heteroatoms. The third kappa shape index (κ3) is 4.15. The van der Waals surface area contributed by atoms with E-state index in [2.05, 4.69) is 25.8 Å². The number of esters is 1. The molecule has 1 saturated heterocycles. The van der Waals surface area contributed by atoms with E-state index in [1.165, 1.54) is 39.9 Å². The maximum Gasteiger partial charge on any atom is 0.387 e. The number of fused-ring (bicyclic) bond motifs is 2. The smallest absolute Gasteiger partial charge is 0.387 e. The van der Waals surface area contributed by atoms with Gasteiger partial charge in [0.2, 0.25) is 0 Å². The Morgan fingerprint density at radius 1 is 1.27 bits per heavy atom. The number of carbonyl (C=O) groups excluding carboxylic acids is 2. The number of halogens is 2. The monoisotopic (exact) mass is 511 g/mol. The summed E-state index contributed by atoms with van der Waals surface area (Å²) in [5, 5.41) is 14.4. The number of hydrogen-bond acceptors (Lipinski definition) is 9. The second kappa shape index (κ2) is 9.04. The molecule has 12 nitrogen and oxygen atoms in total. The molecule has 0 aliphatic carbocycles. The van der Waals surface area contributed by atoms with E-state index in [9.17, 15) is 18.4 Å². The Morgan fingerprint density at radius 2 is 2.16 bits per heavy atom. The van der Waals surface area contributed by atoms with E-state index in [0.717, 1.165) is 0 Å². The molecule has 4 aromatic rings. The van der Waals surface area contributed by atoms with Gasteiger partial charge in [-0.05, 0) is 12.1 Å². The van der Waals surface area contributed by atoms with Crippen LogP contribution < -0.4 is 20.1 Å². The van der Waals surface area contributed by atoms with Gasteiger partial charge >= 0.3 is 12.6 Å². The van der Waals surface area contributed by atoms with Gasteiger partial charge in [-0.3, -0.25) is 9.48 Å². The van der Waals surface area contributed by atoms with Crippen molar-refractivity contribution in [3.05, 3.63) is 48.5 Å². The molecule has 2 N–H and O–H groups in total. The Bertz CT molecular complexity index is 1520. The Balaban J connectivity index is 1.46. The van der Waals surface area contributed by atoms with Gasteiger partial charge in [-0.25, -0.2) is 14.3 Å². The third-order valence-electron chi connectivity index (χ3n) is 5.96. The lowest BCUT2D eigenvalue weighted by atomic mass is 10.1. The number of aromatic nitrogens is 5. The molecule has 0 radical (unpaired) electrons. The SMILES string of the molecule is O=C(Nc1cn([C@@H]2CCOC2=O)nc1-c1cc2c(cc1OC(F)F)NCCO2)c1cnn2cccnc12. The van der Waals surface area contributed by atoms with Crippen molar-refractivity contribution in [2.75, 3.05) is 30.4 Å². The lowest BCUT2D eigenvalue weighted by Gasteiger charge is -2.21. The maximum atomic E-state index is 13.3. The van der Waals surface area contributed by atoms with Crippen LogP contribution in [0.1, 0.15) is 22.8 Å². The zero-order valence-corrected chi connectivity index (χ0v) is 19.1. The second-order valence-corrected chi connectivity index (χ2v) is 8.24. The van der Waals surface area contributed by atoms with Gasteiger partial charge in [0.05, 0.1) is 35.9 Å². The molecule has 0 unspecified atom stereocenters. The van der Waals surface area contributed by atoms with Gasteiger partial charge in [0.25, 0.3) is 5.91 Å². The van der Waals surface area contributed by atoms with Crippen molar-refractivity contribution < 1.29 is 32.6 Å². The van der Waals surface area contributed by atoms with Crippen molar-refractivity contribution in [1.29, 1.82) is 0 Å². The number of anilines is 2. The van der Waals surface area contributed by atoms with Gasteiger partial charge in [-0.15, -0.1) is 0 Å². The van der Waals surface area contributed by atoms with Crippen LogP contribution in [-0.2, 0) is 9.53 Å². The first-order valence-corrected chi connectivity index (χ1v) is 11.3. The first kappa shape index (κ1) is 22.7. The molecule has 1 fully saturated rings. The molecular formula is C23H19F2N7O5. The molecule has 5 heterocycles. The van der Waals surface area contributed by atoms with Gasteiger partial charge in [0.15, 0.2) is 11.7 Å². The van der Waals surface area contributed by atoms with Gasteiger partial charge in [0, 0.05) is 31.4 Å². The van der Waals surface area contributed by atoms with Crippen molar-refractivity contribution in [3.8, 4) is 22.8 Å². The summed E-state index contributed by atoms with van der Waals surface area (Å²) in [6.07, 6.45) is 6.35. The van der Waals surface area contributed by atoms with Crippen LogP contribution >= 0.6 is 0 Å². The third-order valence-corrected chi connectivity index (χ3v) is 5.96. The van der Waals surface area contributed by atoms with Crippen molar-refractivity contribution in [2.24, 2.45) is 0 Å². The molecule has 1 aromatic carbocycles. The number of nitrogens with zero attached hydrogens (tertiary/aromatic N) is 5. The lowest BCUT2D eigenvalue weighted by molar-refractivity contribution is -0.140. The summed E-state index contributed by atoms with van der Waals surface area (Å²) < 4.78 is 45.0. The lowest BCUT2D eigenvalue weighted by Crippen LogP contribution is -2.18. The first-order chi connectivity index (χ1) is 18.0. The van der Waals surface area contributed by atoms with Crippen LogP contribution in [0.4, 0.5) is 20.2 Å². The molecule has 3 aromatic heterocycles. The quantitative estimate of drug-likeness (QED) is 0.375. The number of hydrogen-bond donors (Lipinski definition) is 2. The predicted molar refractivity (Wildman–Crippen MR) is 124 cm³/mol. The first-order valence-electron chi connectivity index (χ1n) is 11.3. The zero-order chi connectivity index (χ0) is 25.5. The van der Waals surface area contributed by atoms with Crippen LogP contribution in [0.3, 0.4) is 0 Å². The summed E-state index contributed by atoms with van der Waals surface area (Å²) in [6.45, 7) is -2.04. The normalized spacial score (nSPS) is 16.7. The standard InChI is InChI=1S/C23H19F2N7O5/c24-23(25)37-17-9-14-18(35-7-4-26-14)8-12(17)19-15(11-32(30-19)16-2-6-36-22(16)34)29-21(33)13-10-28-31-5-1-3-27-20(13)31/h1,3,5,8-11,16,23,26H,2,4,6-7H2,(H,29,33)/t16-/m1/s1. The summed E-state index contributed by atoms with van der Waals surface area (Å²) in [4.78, 5) is 29.7. The fourth-order valence-corrected chi connectivity index (χ4v) is 4.29. The number of benzene rings is 1. The Morgan fingerprint density at radius 3 is 2.97 bits per heavy atom. The number of carbonyl (C=O) groups is 2. The summed E-state index contributed by atoms with van der Waals surface area (Å²) in [6, 6.07) is 3.82. The maximum absolute atomic E-state index is 13.3. The van der Waals surface area contributed by atoms with Gasteiger partial charge in [-0.2, -0.15) is 19.0 Å². The highest BCUT2D eigenvalue weighted by atomic mass is 19.3. The fraction of sp³-hybridized carbons (Fsp3) is 0.261. The summed E-state index contributed by atoms with van der Waals surface area (Å²) in [7, 11) is 0. The molecule has 6 rings (SSSR count). The Hall–Kier alpha value is -4.75.